The molecule has 3 nitrogen and oxygen atoms in total. The summed E-state index contributed by atoms with van der Waals surface area (Å²) in [7, 11) is 0. The summed E-state index contributed by atoms with van der Waals surface area (Å²) in [6.07, 6.45) is -0.167. The lowest BCUT2D eigenvalue weighted by atomic mass is 10.1. The smallest absolute Gasteiger partial charge is 0.178 e. The van der Waals surface area contributed by atoms with E-state index in [4.69, 9.17) is 10.5 Å². The largest absolute Gasteiger partial charge is 0.482 e. The van der Waals surface area contributed by atoms with Gasteiger partial charge in [-0.15, -0.1) is 0 Å². The molecule has 1 aliphatic heterocycles. The van der Waals surface area contributed by atoms with Crippen LogP contribution in [0.5, 0.6) is 5.75 Å². The minimum atomic E-state index is -0.347. The van der Waals surface area contributed by atoms with Gasteiger partial charge < -0.3 is 15.8 Å². The van der Waals surface area contributed by atoms with Gasteiger partial charge in [-0.2, -0.15) is 0 Å². The number of rotatable bonds is 1. The van der Waals surface area contributed by atoms with Crippen LogP contribution >= 0.6 is 0 Å². The van der Waals surface area contributed by atoms with Crippen molar-refractivity contribution < 1.29 is 9.13 Å². The second kappa shape index (κ2) is 3.46. The van der Waals surface area contributed by atoms with Gasteiger partial charge in [0.25, 0.3) is 0 Å². The zero-order chi connectivity index (χ0) is 10.1. The summed E-state index contributed by atoms with van der Waals surface area (Å²) in [5, 5.41) is 3.16. The second-order valence-corrected chi connectivity index (χ2v) is 3.44. The highest BCUT2D eigenvalue weighted by atomic mass is 19.1. The van der Waals surface area contributed by atoms with Crippen molar-refractivity contribution in [3.05, 3.63) is 24.0 Å². The molecule has 1 aromatic rings. The number of nitrogens with two attached hydrogens (primary N) is 1. The molecule has 14 heavy (non-hydrogen) atoms. The summed E-state index contributed by atoms with van der Waals surface area (Å²) in [5.74, 6) is -0.0681. The van der Waals surface area contributed by atoms with Crippen LogP contribution in [0, 0.1) is 5.82 Å². The number of hydrogen-bond acceptors (Lipinski definition) is 3. The van der Waals surface area contributed by atoms with Gasteiger partial charge in [0.1, 0.15) is 6.10 Å². The van der Waals surface area contributed by atoms with Crippen LogP contribution in [0.15, 0.2) is 18.2 Å². The lowest BCUT2D eigenvalue weighted by Gasteiger charge is -2.32. The van der Waals surface area contributed by atoms with Crippen molar-refractivity contribution in [3.63, 3.8) is 0 Å². The summed E-state index contributed by atoms with van der Waals surface area (Å²) >= 11 is 0. The minimum Gasteiger partial charge on any atom is -0.482 e. The monoisotopic (exact) mass is 196 g/mol. The van der Waals surface area contributed by atoms with E-state index in [0.717, 1.165) is 0 Å². The second-order valence-electron chi connectivity index (χ2n) is 3.44. The van der Waals surface area contributed by atoms with Crippen LogP contribution in [0.1, 0.15) is 6.92 Å². The van der Waals surface area contributed by atoms with Crippen molar-refractivity contribution in [3.8, 4) is 5.75 Å². The molecule has 0 aromatic heterocycles. The maximum Gasteiger partial charge on any atom is 0.178 e. The fourth-order valence-corrected chi connectivity index (χ4v) is 1.59. The third kappa shape index (κ3) is 1.42. The molecule has 1 aromatic carbocycles. The first-order valence-corrected chi connectivity index (χ1v) is 4.64. The topological polar surface area (TPSA) is 47.3 Å². The van der Waals surface area contributed by atoms with Crippen molar-refractivity contribution in [2.45, 2.75) is 19.1 Å². The summed E-state index contributed by atoms with van der Waals surface area (Å²) in [6.45, 7) is 2.34. The molecular weight excluding hydrogens is 183 g/mol. The first-order chi connectivity index (χ1) is 6.72. The predicted octanol–water partition coefficient (Wildman–Crippen LogP) is 1.35. The average Bonchev–Trinajstić information content (AvgIpc) is 2.17. The standard InChI is InChI=1S/C10H13FN2O/c1-6-9(5-12)14-10-7(11)3-2-4-8(10)13-6/h2-4,6,9,13H,5,12H2,1H3. The van der Waals surface area contributed by atoms with Gasteiger partial charge in [0.15, 0.2) is 11.6 Å². The maximum absolute atomic E-state index is 13.3. The lowest BCUT2D eigenvalue weighted by Crippen LogP contribution is -2.44. The molecule has 0 aliphatic carbocycles. The zero-order valence-corrected chi connectivity index (χ0v) is 7.96. The van der Waals surface area contributed by atoms with Crippen molar-refractivity contribution >= 4 is 5.69 Å². The number of fused-ring (bicyclic) bond motifs is 1. The lowest BCUT2D eigenvalue weighted by molar-refractivity contribution is 0.174. The number of halogens is 1. The predicted molar refractivity (Wildman–Crippen MR) is 53.0 cm³/mol. The van der Waals surface area contributed by atoms with E-state index in [1.807, 2.05) is 6.92 Å². The average molecular weight is 196 g/mol. The van der Waals surface area contributed by atoms with Gasteiger partial charge in [-0.25, -0.2) is 4.39 Å². The molecule has 0 saturated carbocycles. The molecule has 2 unspecified atom stereocenters. The summed E-state index contributed by atoms with van der Waals surface area (Å²) in [5.41, 5.74) is 6.21. The van der Waals surface area contributed by atoms with E-state index in [2.05, 4.69) is 5.32 Å². The maximum atomic E-state index is 13.3. The van der Waals surface area contributed by atoms with Crippen LogP contribution in [0.4, 0.5) is 10.1 Å². The molecular formula is C10H13FN2O. The fraction of sp³-hybridized carbons (Fsp3) is 0.400. The Hall–Kier alpha value is -1.29. The highest BCUT2D eigenvalue weighted by molar-refractivity contribution is 5.59. The van der Waals surface area contributed by atoms with E-state index in [0.29, 0.717) is 12.2 Å². The number of para-hydroxylation sites is 1. The molecule has 0 fully saturated rings. The normalized spacial score (nSPS) is 24.8. The highest BCUT2D eigenvalue weighted by Crippen LogP contribution is 2.33. The third-order valence-corrected chi connectivity index (χ3v) is 2.41. The molecule has 0 spiro atoms. The molecule has 3 N–H and O–H groups in total. The molecule has 0 radical (unpaired) electrons. The molecule has 4 heteroatoms. The van der Waals surface area contributed by atoms with Gasteiger partial charge in [-0.05, 0) is 19.1 Å². The van der Waals surface area contributed by atoms with Crippen LogP contribution < -0.4 is 15.8 Å². The minimum absolute atomic E-state index is 0.106. The first kappa shape index (κ1) is 9.27. The van der Waals surface area contributed by atoms with E-state index in [-0.39, 0.29) is 23.7 Å². The summed E-state index contributed by atoms with van der Waals surface area (Å²) in [6, 6.07) is 4.93. The molecule has 76 valence electrons. The van der Waals surface area contributed by atoms with Gasteiger partial charge in [-0.3, -0.25) is 0 Å². The highest BCUT2D eigenvalue weighted by Gasteiger charge is 2.26. The summed E-state index contributed by atoms with van der Waals surface area (Å²) in [4.78, 5) is 0. The molecule has 0 saturated heterocycles. The Labute approximate surface area is 82.1 Å². The Kier molecular flexibility index (Phi) is 2.29. The molecule has 2 rings (SSSR count). The zero-order valence-electron chi connectivity index (χ0n) is 7.96. The number of nitrogens with one attached hydrogen (secondary N) is 1. The number of benzene rings is 1. The molecule has 2 atom stereocenters. The Bertz CT molecular complexity index is 343. The Morgan fingerprint density at radius 1 is 1.57 bits per heavy atom. The van der Waals surface area contributed by atoms with E-state index in [9.17, 15) is 4.39 Å². The Balaban J connectivity index is 2.36. The first-order valence-electron chi connectivity index (χ1n) is 4.64. The van der Waals surface area contributed by atoms with Gasteiger partial charge in [0.05, 0.1) is 11.7 Å². The number of hydrogen-bond donors (Lipinski definition) is 2. The Morgan fingerprint density at radius 3 is 3.07 bits per heavy atom. The van der Waals surface area contributed by atoms with Crippen molar-refractivity contribution in [1.82, 2.24) is 0 Å². The SMILES string of the molecule is CC1Nc2cccc(F)c2OC1CN. The van der Waals surface area contributed by atoms with Gasteiger partial charge >= 0.3 is 0 Å². The van der Waals surface area contributed by atoms with Gasteiger partial charge in [-0.1, -0.05) is 6.07 Å². The van der Waals surface area contributed by atoms with E-state index >= 15 is 0 Å². The van der Waals surface area contributed by atoms with Crippen molar-refractivity contribution in [1.29, 1.82) is 0 Å². The fourth-order valence-electron chi connectivity index (χ4n) is 1.59. The van der Waals surface area contributed by atoms with Crippen molar-refractivity contribution in [2.75, 3.05) is 11.9 Å². The molecule has 1 heterocycles. The molecule has 0 bridgehead atoms. The van der Waals surface area contributed by atoms with Crippen molar-refractivity contribution in [2.24, 2.45) is 5.73 Å². The third-order valence-electron chi connectivity index (χ3n) is 2.41. The van der Waals surface area contributed by atoms with E-state index in [1.165, 1.54) is 6.07 Å². The molecule has 1 aliphatic rings. The van der Waals surface area contributed by atoms with E-state index < -0.39 is 0 Å². The molecule has 0 amide bonds. The van der Waals surface area contributed by atoms with Crippen LogP contribution in [0.3, 0.4) is 0 Å². The van der Waals surface area contributed by atoms with Crippen LogP contribution in [0.25, 0.3) is 0 Å². The van der Waals surface area contributed by atoms with Gasteiger partial charge in [0, 0.05) is 6.54 Å². The van der Waals surface area contributed by atoms with Crippen LogP contribution in [-0.2, 0) is 0 Å². The number of ether oxygens (including phenoxy) is 1. The Morgan fingerprint density at radius 2 is 2.36 bits per heavy atom. The number of anilines is 1. The van der Waals surface area contributed by atoms with Crippen LogP contribution in [-0.4, -0.2) is 18.7 Å². The van der Waals surface area contributed by atoms with Gasteiger partial charge in [0.2, 0.25) is 0 Å². The van der Waals surface area contributed by atoms with Crippen LogP contribution in [0.2, 0.25) is 0 Å². The summed E-state index contributed by atoms with van der Waals surface area (Å²) < 4.78 is 18.8. The van der Waals surface area contributed by atoms with E-state index in [1.54, 1.807) is 12.1 Å². The quantitative estimate of drug-likeness (QED) is 0.712.